The van der Waals surface area contributed by atoms with Crippen molar-refractivity contribution in [3.05, 3.63) is 119 Å². The lowest BCUT2D eigenvalue weighted by Gasteiger charge is -2.19. The summed E-state index contributed by atoms with van der Waals surface area (Å²) in [6.45, 7) is 0. The summed E-state index contributed by atoms with van der Waals surface area (Å²) in [5.41, 5.74) is 0. The van der Waals surface area contributed by atoms with Gasteiger partial charge in [0.05, 0.1) is 4.90 Å². The SMILES string of the molecule is Clc1ccc(P(c2ccccc2)c2ccc(Cl)cc2)cc1.O=S(=O)(O)c1ccccc1. The first-order valence-electron chi connectivity index (χ1n) is 9.23. The summed E-state index contributed by atoms with van der Waals surface area (Å²) in [6, 6.07) is 34.2. The maximum absolute atomic E-state index is 10.4. The molecule has 0 bridgehead atoms. The van der Waals surface area contributed by atoms with Gasteiger partial charge in [0.1, 0.15) is 0 Å². The van der Waals surface area contributed by atoms with Gasteiger partial charge in [0, 0.05) is 10.0 Å². The van der Waals surface area contributed by atoms with Crippen molar-refractivity contribution in [1.82, 2.24) is 0 Å². The van der Waals surface area contributed by atoms with E-state index < -0.39 is 18.0 Å². The first kappa shape index (κ1) is 23.5. The Kier molecular flexibility index (Phi) is 8.25. The van der Waals surface area contributed by atoms with Gasteiger partial charge in [0.15, 0.2) is 0 Å². The molecule has 0 fully saturated rings. The third-order valence-corrected chi connectivity index (χ3v) is 8.04. The van der Waals surface area contributed by atoms with Crippen LogP contribution in [-0.4, -0.2) is 13.0 Å². The third kappa shape index (κ3) is 6.90. The molecule has 0 aliphatic heterocycles. The smallest absolute Gasteiger partial charge is 0.282 e. The topological polar surface area (TPSA) is 54.4 Å². The van der Waals surface area contributed by atoms with Crippen molar-refractivity contribution in [3.63, 3.8) is 0 Å². The molecular formula is C24H19Cl2O3PS. The zero-order valence-corrected chi connectivity index (χ0v) is 19.5. The minimum Gasteiger partial charge on any atom is -0.282 e. The number of rotatable bonds is 4. The molecule has 31 heavy (non-hydrogen) atoms. The average Bonchev–Trinajstić information content (AvgIpc) is 2.78. The van der Waals surface area contributed by atoms with Gasteiger partial charge in [-0.2, -0.15) is 8.42 Å². The van der Waals surface area contributed by atoms with Crippen molar-refractivity contribution in [1.29, 1.82) is 0 Å². The van der Waals surface area contributed by atoms with E-state index in [0.29, 0.717) is 0 Å². The largest absolute Gasteiger partial charge is 0.294 e. The molecule has 3 nitrogen and oxygen atoms in total. The third-order valence-electron chi connectivity index (χ3n) is 4.23. The van der Waals surface area contributed by atoms with Gasteiger partial charge in [0.2, 0.25) is 0 Å². The molecule has 0 saturated carbocycles. The van der Waals surface area contributed by atoms with Crippen LogP contribution >= 0.6 is 31.1 Å². The van der Waals surface area contributed by atoms with Crippen molar-refractivity contribution >= 4 is 57.2 Å². The Labute approximate surface area is 193 Å². The molecule has 0 amide bonds. The van der Waals surface area contributed by atoms with Crippen LogP contribution in [0.5, 0.6) is 0 Å². The molecule has 0 saturated heterocycles. The lowest BCUT2D eigenvalue weighted by molar-refractivity contribution is 0.483. The molecule has 0 aromatic heterocycles. The predicted molar refractivity (Wildman–Crippen MR) is 131 cm³/mol. The summed E-state index contributed by atoms with van der Waals surface area (Å²) in [7, 11) is -4.59. The highest BCUT2D eigenvalue weighted by molar-refractivity contribution is 7.85. The molecule has 0 spiro atoms. The minimum absolute atomic E-state index is 0.0741. The number of halogens is 2. The summed E-state index contributed by atoms with van der Waals surface area (Å²) in [4.78, 5) is -0.0741. The number of benzene rings is 4. The molecule has 0 aliphatic rings. The molecule has 1 N–H and O–H groups in total. The van der Waals surface area contributed by atoms with E-state index in [1.54, 1.807) is 18.2 Å². The molecule has 0 unspecified atom stereocenters. The summed E-state index contributed by atoms with van der Waals surface area (Å²) in [6.07, 6.45) is 0. The van der Waals surface area contributed by atoms with Crippen LogP contribution in [0.2, 0.25) is 10.0 Å². The summed E-state index contributed by atoms with van der Waals surface area (Å²) in [5.74, 6) is 0. The second-order valence-corrected chi connectivity index (χ2v) is 10.9. The highest BCUT2D eigenvalue weighted by atomic mass is 35.5. The Morgan fingerprint density at radius 2 is 0.903 bits per heavy atom. The normalized spacial score (nSPS) is 11.0. The van der Waals surface area contributed by atoms with Crippen molar-refractivity contribution in [2.24, 2.45) is 0 Å². The Balaban J connectivity index is 0.000000229. The molecule has 4 aromatic rings. The van der Waals surface area contributed by atoms with Crippen LogP contribution in [0.15, 0.2) is 114 Å². The summed E-state index contributed by atoms with van der Waals surface area (Å²) < 4.78 is 29.2. The van der Waals surface area contributed by atoms with Crippen molar-refractivity contribution in [2.45, 2.75) is 4.90 Å². The molecule has 0 aliphatic carbocycles. The van der Waals surface area contributed by atoms with Crippen LogP contribution in [0.4, 0.5) is 0 Å². The van der Waals surface area contributed by atoms with Gasteiger partial charge in [0.25, 0.3) is 10.1 Å². The van der Waals surface area contributed by atoms with E-state index in [0.717, 1.165) is 10.0 Å². The standard InChI is InChI=1S/C18H13Cl2P.C6H6O3S/c19-14-6-10-17(11-7-14)21(16-4-2-1-3-5-16)18-12-8-15(20)9-13-18;7-10(8,9)6-4-2-1-3-5-6/h1-13H;1-5H,(H,7,8,9). The first-order chi connectivity index (χ1) is 14.8. The average molecular weight is 489 g/mol. The van der Waals surface area contributed by atoms with Crippen LogP contribution in [0, 0.1) is 0 Å². The summed E-state index contributed by atoms with van der Waals surface area (Å²) in [5, 5.41) is 5.40. The second-order valence-electron chi connectivity index (χ2n) is 6.41. The van der Waals surface area contributed by atoms with Gasteiger partial charge in [-0.1, -0.05) is 96.0 Å². The maximum Gasteiger partial charge on any atom is 0.294 e. The number of hydrogen-bond acceptors (Lipinski definition) is 2. The predicted octanol–water partition coefficient (Wildman–Crippen LogP) is 5.68. The van der Waals surface area contributed by atoms with E-state index in [4.69, 9.17) is 27.8 Å². The molecule has 158 valence electrons. The Morgan fingerprint density at radius 3 is 1.26 bits per heavy atom. The van der Waals surface area contributed by atoms with Crippen LogP contribution < -0.4 is 15.9 Å². The van der Waals surface area contributed by atoms with Gasteiger partial charge in [-0.15, -0.1) is 0 Å². The Hall–Kier alpha value is -2.20. The van der Waals surface area contributed by atoms with Gasteiger partial charge < -0.3 is 0 Å². The lowest BCUT2D eigenvalue weighted by Crippen LogP contribution is -2.20. The minimum atomic E-state index is -4.00. The van der Waals surface area contributed by atoms with E-state index >= 15 is 0 Å². The van der Waals surface area contributed by atoms with Gasteiger partial charge in [-0.05, 0) is 60.2 Å². The van der Waals surface area contributed by atoms with Gasteiger partial charge in [-0.25, -0.2) is 0 Å². The van der Waals surface area contributed by atoms with E-state index in [1.807, 2.05) is 30.3 Å². The van der Waals surface area contributed by atoms with Crippen molar-refractivity contribution in [2.75, 3.05) is 0 Å². The van der Waals surface area contributed by atoms with E-state index in [2.05, 4.69) is 48.5 Å². The van der Waals surface area contributed by atoms with Crippen molar-refractivity contribution in [3.8, 4) is 0 Å². The zero-order chi connectivity index (χ0) is 22.3. The quantitative estimate of drug-likeness (QED) is 0.296. The molecule has 7 heteroatoms. The van der Waals surface area contributed by atoms with E-state index in [-0.39, 0.29) is 4.90 Å². The summed E-state index contributed by atoms with van der Waals surface area (Å²) >= 11 is 12.0. The highest BCUT2D eigenvalue weighted by Crippen LogP contribution is 2.33. The van der Waals surface area contributed by atoms with Crippen molar-refractivity contribution < 1.29 is 13.0 Å². The first-order valence-corrected chi connectivity index (χ1v) is 12.8. The second kappa shape index (κ2) is 10.9. The zero-order valence-electron chi connectivity index (χ0n) is 16.3. The van der Waals surface area contributed by atoms with Crippen LogP contribution in [0.3, 0.4) is 0 Å². The van der Waals surface area contributed by atoms with Crippen LogP contribution in [-0.2, 0) is 10.1 Å². The van der Waals surface area contributed by atoms with Crippen LogP contribution in [0.1, 0.15) is 0 Å². The highest BCUT2D eigenvalue weighted by Gasteiger charge is 2.16. The fraction of sp³-hybridized carbons (Fsp3) is 0. The molecule has 0 atom stereocenters. The molecule has 4 aromatic carbocycles. The molecule has 0 radical (unpaired) electrons. The van der Waals surface area contributed by atoms with E-state index in [1.165, 1.54) is 28.0 Å². The fourth-order valence-corrected chi connectivity index (χ4v) is 5.81. The fourth-order valence-electron chi connectivity index (χ4n) is 2.80. The molecule has 4 rings (SSSR count). The van der Waals surface area contributed by atoms with Crippen LogP contribution in [0.25, 0.3) is 0 Å². The Morgan fingerprint density at radius 1 is 0.548 bits per heavy atom. The monoisotopic (exact) mass is 488 g/mol. The lowest BCUT2D eigenvalue weighted by atomic mass is 10.3. The molecular weight excluding hydrogens is 470 g/mol. The molecule has 0 heterocycles. The van der Waals surface area contributed by atoms with Gasteiger partial charge >= 0.3 is 0 Å². The Bertz CT molecular complexity index is 1150. The van der Waals surface area contributed by atoms with Gasteiger partial charge in [-0.3, -0.25) is 4.55 Å². The maximum atomic E-state index is 10.4. The van der Waals surface area contributed by atoms with E-state index in [9.17, 15) is 8.42 Å². The number of hydrogen-bond donors (Lipinski definition) is 1.